The minimum absolute atomic E-state index is 0.178. The molecule has 156 valence electrons. The third kappa shape index (κ3) is 3.60. The molecule has 1 aromatic heterocycles. The van der Waals surface area contributed by atoms with Crippen molar-refractivity contribution < 1.29 is 14.7 Å². The number of benzene rings is 1. The number of nitrogens with zero attached hydrogens (tertiary/aromatic N) is 1. The molecule has 0 aliphatic heterocycles. The highest BCUT2D eigenvalue weighted by atomic mass is 35.5. The minimum Gasteiger partial charge on any atom is -0.478 e. The third-order valence-corrected chi connectivity index (χ3v) is 7.60. The lowest BCUT2D eigenvalue weighted by molar-refractivity contribution is -0.0503. The number of nitrogens with one attached hydrogen (secondary N) is 1. The summed E-state index contributed by atoms with van der Waals surface area (Å²) in [5.74, 6) is 1.33. The summed E-state index contributed by atoms with van der Waals surface area (Å²) < 4.78 is 0. The molecule has 1 aromatic carbocycles. The normalized spacial score (nSPS) is 29.0. The second-order valence-electron chi connectivity index (χ2n) is 9.54. The fraction of sp³-hybridized carbons (Fsp3) is 0.458. The van der Waals surface area contributed by atoms with E-state index in [4.69, 9.17) is 11.6 Å². The molecule has 2 aromatic rings. The van der Waals surface area contributed by atoms with Gasteiger partial charge in [0.1, 0.15) is 0 Å². The molecular formula is C24H25ClN2O3. The highest BCUT2D eigenvalue weighted by Gasteiger charge is 2.50. The third-order valence-electron chi connectivity index (χ3n) is 7.29. The number of amides is 1. The zero-order chi connectivity index (χ0) is 20.9. The topological polar surface area (TPSA) is 79.3 Å². The van der Waals surface area contributed by atoms with Crippen molar-refractivity contribution in [2.75, 3.05) is 6.54 Å². The van der Waals surface area contributed by atoms with Gasteiger partial charge in [-0.3, -0.25) is 9.78 Å². The van der Waals surface area contributed by atoms with E-state index >= 15 is 0 Å². The molecule has 6 heteroatoms. The monoisotopic (exact) mass is 424 g/mol. The van der Waals surface area contributed by atoms with Crippen molar-refractivity contribution >= 4 is 23.5 Å². The van der Waals surface area contributed by atoms with Crippen molar-refractivity contribution in [3.63, 3.8) is 0 Å². The Morgan fingerprint density at radius 2 is 1.77 bits per heavy atom. The maximum atomic E-state index is 13.0. The molecule has 4 fully saturated rings. The Morgan fingerprint density at radius 1 is 1.10 bits per heavy atom. The van der Waals surface area contributed by atoms with Gasteiger partial charge in [-0.2, -0.15) is 0 Å². The molecule has 30 heavy (non-hydrogen) atoms. The second kappa shape index (κ2) is 7.38. The average molecular weight is 425 g/mol. The number of carboxylic acids is 1. The number of carbonyl (C=O) groups is 2. The van der Waals surface area contributed by atoms with Crippen LogP contribution in [0.25, 0.3) is 11.3 Å². The van der Waals surface area contributed by atoms with Gasteiger partial charge in [0, 0.05) is 18.3 Å². The summed E-state index contributed by atoms with van der Waals surface area (Å²) in [6.07, 6.45) is 9.29. The molecule has 0 atom stereocenters. The van der Waals surface area contributed by atoms with Crippen LogP contribution in [0.15, 0.2) is 36.5 Å². The maximum absolute atomic E-state index is 13.0. The number of carboxylic acid groups (broad SMARTS) is 1. The predicted octanol–water partition coefficient (Wildman–Crippen LogP) is 5.05. The molecule has 5 nitrogen and oxygen atoms in total. The molecule has 4 bridgehead atoms. The second-order valence-corrected chi connectivity index (χ2v) is 9.94. The predicted molar refractivity (Wildman–Crippen MR) is 115 cm³/mol. The molecule has 6 rings (SSSR count). The Bertz CT molecular complexity index is 984. The van der Waals surface area contributed by atoms with Crippen LogP contribution in [0.4, 0.5) is 0 Å². The SMILES string of the molecule is O=C(O)c1cccc(-c2cc(C(=O)NCC34CC5CC(CC(C5)C3)C4)c(Cl)cn2)c1. The number of halogens is 1. The van der Waals surface area contributed by atoms with Crippen LogP contribution in [0, 0.1) is 23.2 Å². The highest BCUT2D eigenvalue weighted by molar-refractivity contribution is 6.33. The Hall–Kier alpha value is -2.40. The molecule has 0 radical (unpaired) electrons. The van der Waals surface area contributed by atoms with Crippen LogP contribution in [-0.4, -0.2) is 28.5 Å². The average Bonchev–Trinajstić information content (AvgIpc) is 2.71. The summed E-state index contributed by atoms with van der Waals surface area (Å²) in [4.78, 5) is 28.6. The van der Waals surface area contributed by atoms with Gasteiger partial charge in [0.15, 0.2) is 0 Å². The molecule has 4 saturated carbocycles. The number of aromatic nitrogens is 1. The number of aromatic carboxylic acids is 1. The van der Waals surface area contributed by atoms with Gasteiger partial charge in [0.05, 0.1) is 21.8 Å². The van der Waals surface area contributed by atoms with Crippen LogP contribution in [0.1, 0.15) is 59.2 Å². The fourth-order valence-electron chi connectivity index (χ4n) is 6.45. The van der Waals surface area contributed by atoms with Gasteiger partial charge >= 0.3 is 5.97 Å². The summed E-state index contributed by atoms with van der Waals surface area (Å²) in [5.41, 5.74) is 1.98. The van der Waals surface area contributed by atoms with Crippen molar-refractivity contribution in [2.45, 2.75) is 38.5 Å². The van der Waals surface area contributed by atoms with E-state index in [2.05, 4.69) is 10.3 Å². The zero-order valence-electron chi connectivity index (χ0n) is 16.7. The van der Waals surface area contributed by atoms with E-state index in [1.165, 1.54) is 50.8 Å². The van der Waals surface area contributed by atoms with Crippen LogP contribution < -0.4 is 5.32 Å². The quantitative estimate of drug-likeness (QED) is 0.704. The van der Waals surface area contributed by atoms with Crippen LogP contribution in [0.2, 0.25) is 5.02 Å². The minimum atomic E-state index is -1.00. The van der Waals surface area contributed by atoms with E-state index in [0.29, 0.717) is 28.4 Å². The van der Waals surface area contributed by atoms with Crippen LogP contribution in [0.5, 0.6) is 0 Å². The van der Waals surface area contributed by atoms with Crippen molar-refractivity contribution in [3.8, 4) is 11.3 Å². The number of pyridine rings is 1. The first kappa shape index (κ1) is 19.6. The van der Waals surface area contributed by atoms with E-state index < -0.39 is 5.97 Å². The van der Waals surface area contributed by atoms with E-state index in [0.717, 1.165) is 17.8 Å². The maximum Gasteiger partial charge on any atom is 0.335 e. The van der Waals surface area contributed by atoms with E-state index in [9.17, 15) is 14.7 Å². The Morgan fingerprint density at radius 3 is 2.40 bits per heavy atom. The van der Waals surface area contributed by atoms with E-state index in [1.54, 1.807) is 24.3 Å². The van der Waals surface area contributed by atoms with Crippen molar-refractivity contribution in [1.82, 2.24) is 10.3 Å². The highest BCUT2D eigenvalue weighted by Crippen LogP contribution is 2.59. The summed E-state index contributed by atoms with van der Waals surface area (Å²) >= 11 is 6.30. The Kier molecular flexibility index (Phi) is 4.81. The van der Waals surface area contributed by atoms with Crippen molar-refractivity contribution in [1.29, 1.82) is 0 Å². The molecule has 1 amide bonds. The molecule has 4 aliphatic carbocycles. The molecule has 0 unspecified atom stereocenters. The first-order valence-corrected chi connectivity index (χ1v) is 11.1. The fourth-order valence-corrected chi connectivity index (χ4v) is 6.64. The Labute approximate surface area is 180 Å². The first-order valence-electron chi connectivity index (χ1n) is 10.7. The lowest BCUT2D eigenvalue weighted by Gasteiger charge is -2.56. The molecule has 4 aliphatic rings. The van der Waals surface area contributed by atoms with Gasteiger partial charge in [0.25, 0.3) is 5.91 Å². The molecule has 0 saturated heterocycles. The van der Waals surface area contributed by atoms with Gasteiger partial charge < -0.3 is 10.4 Å². The van der Waals surface area contributed by atoms with Gasteiger partial charge in [-0.1, -0.05) is 23.7 Å². The van der Waals surface area contributed by atoms with Crippen LogP contribution >= 0.6 is 11.6 Å². The van der Waals surface area contributed by atoms with E-state index in [-0.39, 0.29) is 16.9 Å². The smallest absolute Gasteiger partial charge is 0.335 e. The van der Waals surface area contributed by atoms with Crippen LogP contribution in [-0.2, 0) is 0 Å². The zero-order valence-corrected chi connectivity index (χ0v) is 17.5. The first-order chi connectivity index (χ1) is 14.4. The summed E-state index contributed by atoms with van der Waals surface area (Å²) in [7, 11) is 0. The number of rotatable bonds is 5. The molecule has 0 spiro atoms. The number of hydrogen-bond donors (Lipinski definition) is 2. The van der Waals surface area contributed by atoms with Gasteiger partial charge in [-0.25, -0.2) is 4.79 Å². The molecule has 1 heterocycles. The lowest BCUT2D eigenvalue weighted by atomic mass is 9.49. The number of carbonyl (C=O) groups excluding carboxylic acids is 1. The van der Waals surface area contributed by atoms with Gasteiger partial charge in [-0.05, 0) is 79.9 Å². The van der Waals surface area contributed by atoms with Crippen molar-refractivity contribution in [3.05, 3.63) is 52.7 Å². The van der Waals surface area contributed by atoms with Gasteiger partial charge in [0.2, 0.25) is 0 Å². The molecule has 2 N–H and O–H groups in total. The Balaban J connectivity index is 1.34. The van der Waals surface area contributed by atoms with E-state index in [1.807, 2.05) is 0 Å². The molecular weight excluding hydrogens is 400 g/mol. The summed E-state index contributed by atoms with van der Waals surface area (Å²) in [6, 6.07) is 8.18. The number of hydrogen-bond acceptors (Lipinski definition) is 3. The summed E-state index contributed by atoms with van der Waals surface area (Å²) in [5, 5.41) is 12.7. The van der Waals surface area contributed by atoms with Crippen LogP contribution in [0.3, 0.4) is 0 Å². The lowest BCUT2D eigenvalue weighted by Crippen LogP contribution is -2.51. The summed E-state index contributed by atoms with van der Waals surface area (Å²) in [6.45, 7) is 0.706. The van der Waals surface area contributed by atoms with Gasteiger partial charge in [-0.15, -0.1) is 0 Å². The van der Waals surface area contributed by atoms with Crippen molar-refractivity contribution in [2.24, 2.45) is 23.2 Å². The standard InChI is InChI=1S/C24H25ClN2O3/c25-20-12-26-21(17-2-1-3-18(7-17)23(29)30)8-19(20)22(28)27-13-24-9-14-4-15(10-24)6-16(5-14)11-24/h1-3,7-8,12,14-16H,4-6,9-11,13H2,(H,27,28)(H,29,30). The largest absolute Gasteiger partial charge is 0.478 e.